The fraction of sp³-hybridized carbons (Fsp3) is 0.368. The molecule has 17 heteroatoms. The van der Waals surface area contributed by atoms with E-state index in [9.17, 15) is 18.0 Å². The number of Topliss-reactive ketones (excluding diaryl/α,β-unsaturated/α-hetero) is 1. The first-order chi connectivity index (χ1) is 17.3. The Kier molecular flexibility index (Phi) is 6.39. The Labute approximate surface area is 213 Å². The number of hydrogen-bond acceptors (Lipinski definition) is 13. The highest BCUT2D eigenvalue weighted by atomic mass is 32.3. The minimum atomic E-state index is -4.10. The zero-order valence-corrected chi connectivity index (χ0v) is 21.6. The van der Waals surface area contributed by atoms with Crippen LogP contribution in [0, 0.1) is 0 Å². The lowest BCUT2D eigenvalue weighted by Crippen LogP contribution is -2.71. The largest absolute Gasteiger partial charge is 0.368 e. The molecule has 0 bridgehead atoms. The zero-order chi connectivity index (χ0) is 25.6. The monoisotopic (exact) mass is 549 g/mol. The lowest BCUT2D eigenvalue weighted by Gasteiger charge is -2.50. The molecule has 2 aliphatic rings. The van der Waals surface area contributed by atoms with Crippen LogP contribution in [0.3, 0.4) is 0 Å². The normalized spacial score (nSPS) is 22.9. The molecule has 0 radical (unpaired) electrons. The van der Waals surface area contributed by atoms with Gasteiger partial charge in [-0.3, -0.25) is 14.5 Å². The van der Waals surface area contributed by atoms with E-state index in [1.54, 1.807) is 44.4 Å². The predicted octanol–water partition coefficient (Wildman–Crippen LogP) is -0.307. The number of sulfone groups is 1. The van der Waals surface area contributed by atoms with Crippen molar-refractivity contribution < 1.29 is 22.7 Å². The number of amides is 1. The Morgan fingerprint density at radius 2 is 1.69 bits per heavy atom. The fourth-order valence-electron chi connectivity index (χ4n) is 3.96. The summed E-state index contributed by atoms with van der Waals surface area (Å²) in [5.41, 5.74) is 0.518. The smallest absolute Gasteiger partial charge is 0.260 e. The van der Waals surface area contributed by atoms with E-state index >= 15 is 0 Å². The van der Waals surface area contributed by atoms with E-state index in [2.05, 4.69) is 31.1 Å². The van der Waals surface area contributed by atoms with E-state index in [1.807, 2.05) is 0 Å². The first-order valence-electron chi connectivity index (χ1n) is 10.4. The van der Waals surface area contributed by atoms with Crippen LogP contribution in [0.4, 0.5) is 0 Å². The molecule has 188 valence electrons. The molecule has 1 amide bonds. The molecule has 36 heavy (non-hydrogen) atoms. The second-order valence-corrected chi connectivity index (χ2v) is 12.3. The quantitative estimate of drug-likeness (QED) is 0.204. The van der Waals surface area contributed by atoms with Gasteiger partial charge in [-0.25, -0.2) is 17.8 Å². The summed E-state index contributed by atoms with van der Waals surface area (Å²) in [6.07, 6.45) is -1.23. The maximum atomic E-state index is 13.9. The Bertz CT molecular complexity index is 1470. The number of carbonyl (C=O) groups excluding carboxylic acids is 2. The van der Waals surface area contributed by atoms with E-state index in [0.717, 1.165) is 28.4 Å². The van der Waals surface area contributed by atoms with Gasteiger partial charge in [0.1, 0.15) is 4.58 Å². The number of ketones is 1. The molecule has 5 rings (SSSR count). The van der Waals surface area contributed by atoms with Gasteiger partial charge < -0.3 is 4.74 Å². The number of nitrogens with zero attached hydrogens (tertiary/aromatic N) is 9. The van der Waals surface area contributed by atoms with Crippen LogP contribution in [0.5, 0.6) is 0 Å². The second kappa shape index (κ2) is 9.38. The van der Waals surface area contributed by atoms with Crippen LogP contribution in [0.25, 0.3) is 0 Å². The third-order valence-electron chi connectivity index (χ3n) is 5.70. The Hall–Kier alpha value is -3.15. The van der Waals surface area contributed by atoms with Crippen LogP contribution in [-0.2, 0) is 33.5 Å². The van der Waals surface area contributed by atoms with Crippen LogP contribution in [0.2, 0.25) is 0 Å². The van der Waals surface area contributed by atoms with Gasteiger partial charge in [0.15, 0.2) is 21.3 Å². The van der Waals surface area contributed by atoms with Crippen LogP contribution >= 0.6 is 23.5 Å². The molecule has 0 saturated carbocycles. The number of methoxy groups -OCH3 is 1. The van der Waals surface area contributed by atoms with Crippen molar-refractivity contribution in [1.82, 2.24) is 45.3 Å². The second-order valence-electron chi connectivity index (χ2n) is 7.82. The number of thioether (sulfide) groups is 2. The number of benzene rings is 1. The Morgan fingerprint density at radius 1 is 1.06 bits per heavy atom. The molecule has 0 aliphatic carbocycles. The summed E-state index contributed by atoms with van der Waals surface area (Å²) in [5, 5.41) is 21.9. The minimum absolute atomic E-state index is 0.00502. The van der Waals surface area contributed by atoms with Crippen molar-refractivity contribution in [1.29, 1.82) is 0 Å². The van der Waals surface area contributed by atoms with Crippen LogP contribution < -0.4 is 0 Å². The molecule has 2 aromatic heterocycles. The number of aryl methyl sites for hydroxylation is 2. The highest BCUT2D eigenvalue weighted by molar-refractivity contribution is 8.14. The highest BCUT2D eigenvalue weighted by Gasteiger charge is 2.63. The number of rotatable bonds is 8. The molecule has 2 aliphatic heterocycles. The van der Waals surface area contributed by atoms with Gasteiger partial charge in [-0.1, -0.05) is 53.9 Å². The molecule has 0 spiro atoms. The van der Waals surface area contributed by atoms with E-state index in [0.29, 0.717) is 10.7 Å². The number of carbonyl (C=O) groups is 2. The molecular weight excluding hydrogens is 530 g/mol. The van der Waals surface area contributed by atoms with E-state index in [-0.39, 0.29) is 22.2 Å². The first kappa shape index (κ1) is 24.5. The molecule has 1 aromatic carbocycles. The van der Waals surface area contributed by atoms with Gasteiger partial charge in [-0.2, -0.15) is 0 Å². The third-order valence-corrected chi connectivity index (χ3v) is 10.9. The van der Waals surface area contributed by atoms with Gasteiger partial charge in [0, 0.05) is 32.5 Å². The standard InChI is InChI=1S/C19H19N9O5S3/c1-26-18(20-22-24-26)34-9-11-12(13(29)10-7-5-4-6-8-10)28-15(30)14(33-3)16(28)36(31,32)17(11)35-19-21-23-25-27(19)2/h4-8,14,16-17H,9H2,1-3H3/t14-,16?,17-/m0/s1. The van der Waals surface area contributed by atoms with Crippen molar-refractivity contribution in [3.8, 4) is 0 Å². The molecule has 3 aromatic rings. The maximum absolute atomic E-state index is 13.9. The molecule has 1 fully saturated rings. The van der Waals surface area contributed by atoms with Crippen LogP contribution in [0.1, 0.15) is 10.4 Å². The number of allylic oxidation sites excluding steroid dienone is 1. The molecule has 4 heterocycles. The summed E-state index contributed by atoms with van der Waals surface area (Å²) in [5.74, 6) is -1.07. The number of tetrazole rings is 2. The van der Waals surface area contributed by atoms with Crippen molar-refractivity contribution in [2.45, 2.75) is 26.4 Å². The van der Waals surface area contributed by atoms with Crippen molar-refractivity contribution in [2.24, 2.45) is 14.1 Å². The molecular formula is C19H19N9O5S3. The minimum Gasteiger partial charge on any atom is -0.368 e. The van der Waals surface area contributed by atoms with Gasteiger partial charge >= 0.3 is 0 Å². The van der Waals surface area contributed by atoms with Gasteiger partial charge in [-0.05, 0) is 26.4 Å². The van der Waals surface area contributed by atoms with Crippen LogP contribution in [-0.4, -0.2) is 94.3 Å². The van der Waals surface area contributed by atoms with E-state index in [4.69, 9.17) is 4.74 Å². The van der Waals surface area contributed by atoms with Crippen molar-refractivity contribution in [3.63, 3.8) is 0 Å². The first-order valence-corrected chi connectivity index (χ1v) is 13.9. The average Bonchev–Trinajstić information content (AvgIpc) is 3.47. The molecule has 3 atom stereocenters. The number of aromatic nitrogens is 8. The highest BCUT2D eigenvalue weighted by Crippen LogP contribution is 2.47. The van der Waals surface area contributed by atoms with Crippen molar-refractivity contribution in [3.05, 3.63) is 47.2 Å². The van der Waals surface area contributed by atoms with Gasteiger partial charge in [0.05, 0.1) is 5.70 Å². The Balaban J connectivity index is 1.69. The Morgan fingerprint density at radius 3 is 2.28 bits per heavy atom. The van der Waals surface area contributed by atoms with E-state index < -0.39 is 37.6 Å². The number of ether oxygens (including phenoxy) is 1. The van der Waals surface area contributed by atoms with Gasteiger partial charge in [0.2, 0.25) is 16.1 Å². The third kappa shape index (κ3) is 3.91. The summed E-state index contributed by atoms with van der Waals surface area (Å²) in [4.78, 5) is 27.9. The molecule has 14 nitrogen and oxygen atoms in total. The average molecular weight is 550 g/mol. The lowest BCUT2D eigenvalue weighted by molar-refractivity contribution is -0.158. The number of hydrogen-bond donors (Lipinski definition) is 0. The van der Waals surface area contributed by atoms with E-state index in [1.165, 1.54) is 16.5 Å². The number of β-lactam (4-membered cyclic amide) rings is 1. The predicted molar refractivity (Wildman–Crippen MR) is 126 cm³/mol. The van der Waals surface area contributed by atoms with Crippen LogP contribution in [0.15, 0.2) is 51.9 Å². The zero-order valence-electron chi connectivity index (χ0n) is 19.1. The fourth-order valence-corrected chi connectivity index (χ4v) is 8.94. The molecule has 1 unspecified atom stereocenters. The summed E-state index contributed by atoms with van der Waals surface area (Å²) >= 11 is 2.03. The number of fused-ring (bicyclic) bond motifs is 1. The summed E-state index contributed by atoms with van der Waals surface area (Å²) in [6, 6.07) is 8.36. The lowest BCUT2D eigenvalue weighted by atomic mass is 9.99. The van der Waals surface area contributed by atoms with Gasteiger partial charge in [-0.15, -0.1) is 10.2 Å². The SMILES string of the molecule is CO[C@H]1C(=O)N2C(C(=O)c3ccccc3)=C(CSc3nnnn3C)[C@@H](Sc3nnnn3C)S(=O)(=O)C12. The maximum Gasteiger partial charge on any atom is 0.260 e. The summed E-state index contributed by atoms with van der Waals surface area (Å²) in [6.45, 7) is 0. The summed E-state index contributed by atoms with van der Waals surface area (Å²) < 4.78 is 34.5. The summed E-state index contributed by atoms with van der Waals surface area (Å²) in [7, 11) is 0.381. The molecule has 0 N–H and O–H groups in total. The van der Waals surface area contributed by atoms with Gasteiger partial charge in [0.25, 0.3) is 5.91 Å². The van der Waals surface area contributed by atoms with Crippen molar-refractivity contribution >= 4 is 45.1 Å². The molecule has 1 saturated heterocycles. The van der Waals surface area contributed by atoms with Crippen molar-refractivity contribution in [2.75, 3.05) is 12.9 Å². The topological polar surface area (TPSA) is 168 Å².